The van der Waals surface area contributed by atoms with Crippen LogP contribution in [0, 0.1) is 6.92 Å². The van der Waals surface area contributed by atoms with Crippen molar-refractivity contribution in [1.29, 1.82) is 0 Å². The van der Waals surface area contributed by atoms with Gasteiger partial charge >= 0.3 is 0 Å². The third-order valence-corrected chi connectivity index (χ3v) is 7.85. The van der Waals surface area contributed by atoms with Crippen molar-refractivity contribution >= 4 is 21.4 Å². The molecule has 3 aromatic rings. The van der Waals surface area contributed by atoms with Gasteiger partial charge in [0.25, 0.3) is 10.0 Å². The predicted molar refractivity (Wildman–Crippen MR) is 105 cm³/mol. The van der Waals surface area contributed by atoms with E-state index in [1.54, 1.807) is 33.5 Å². The van der Waals surface area contributed by atoms with Crippen LogP contribution in [0.1, 0.15) is 29.1 Å². The van der Waals surface area contributed by atoms with E-state index in [-0.39, 0.29) is 10.4 Å². The summed E-state index contributed by atoms with van der Waals surface area (Å²) in [4.78, 5) is 8.81. The van der Waals surface area contributed by atoms with Gasteiger partial charge in [0.2, 0.25) is 0 Å². The van der Waals surface area contributed by atoms with E-state index in [4.69, 9.17) is 4.98 Å². The number of rotatable bonds is 4. The molecule has 0 amide bonds. The molecule has 1 aromatic carbocycles. The van der Waals surface area contributed by atoms with Gasteiger partial charge in [-0.1, -0.05) is 30.3 Å². The molecule has 0 spiro atoms. The highest BCUT2D eigenvalue weighted by Gasteiger charge is 2.42. The lowest BCUT2D eigenvalue weighted by Crippen LogP contribution is -2.46. The molecule has 3 heterocycles. The maximum Gasteiger partial charge on any atom is 0.262 e. The molecule has 1 aliphatic heterocycles. The van der Waals surface area contributed by atoms with Gasteiger partial charge in [0.05, 0.1) is 17.0 Å². The first-order valence-electron chi connectivity index (χ1n) is 8.88. The molecule has 0 unspecified atom stereocenters. The predicted octanol–water partition coefficient (Wildman–Crippen LogP) is 2.96. The summed E-state index contributed by atoms with van der Waals surface area (Å²) in [6.07, 6.45) is 4.47. The van der Waals surface area contributed by atoms with E-state index >= 15 is 0 Å². The molecular formula is C19H22N4O2S2. The quantitative estimate of drug-likeness (QED) is 0.673. The molecule has 2 aromatic heterocycles. The van der Waals surface area contributed by atoms with E-state index in [0.29, 0.717) is 25.9 Å². The maximum absolute atomic E-state index is 12.9. The van der Waals surface area contributed by atoms with Crippen LogP contribution in [0.25, 0.3) is 0 Å². The van der Waals surface area contributed by atoms with Crippen LogP contribution in [-0.4, -0.2) is 40.3 Å². The van der Waals surface area contributed by atoms with Gasteiger partial charge in [-0.3, -0.25) is 0 Å². The largest absolute Gasteiger partial charge is 0.339 e. The fourth-order valence-corrected chi connectivity index (χ4v) is 5.91. The minimum absolute atomic E-state index is 0.113. The van der Waals surface area contributed by atoms with Crippen molar-refractivity contribution in [2.45, 2.75) is 30.2 Å². The topological polar surface area (TPSA) is 68.1 Å². The number of hydrogen-bond acceptors (Lipinski definition) is 5. The highest BCUT2D eigenvalue weighted by Crippen LogP contribution is 2.42. The summed E-state index contributed by atoms with van der Waals surface area (Å²) in [6, 6.07) is 10.3. The number of thiazole rings is 1. The zero-order valence-electron chi connectivity index (χ0n) is 15.4. The lowest BCUT2D eigenvalue weighted by Gasteiger charge is -2.40. The third kappa shape index (κ3) is 3.22. The Kier molecular flexibility index (Phi) is 4.65. The van der Waals surface area contributed by atoms with Gasteiger partial charge in [-0.25, -0.2) is 18.4 Å². The van der Waals surface area contributed by atoms with Crippen LogP contribution in [0.5, 0.6) is 0 Å². The van der Waals surface area contributed by atoms with E-state index in [2.05, 4.69) is 22.5 Å². The van der Waals surface area contributed by atoms with Crippen LogP contribution < -0.4 is 0 Å². The van der Waals surface area contributed by atoms with Crippen LogP contribution >= 0.6 is 11.3 Å². The molecule has 27 heavy (non-hydrogen) atoms. The minimum atomic E-state index is -3.57. The standard InChI is InChI=1S/C19H22N4O2S2/c1-15-21-17(13-26-15)19(16-6-4-3-5-7-16)8-10-23(11-9-19)27(24,25)18-12-22(2)14-20-18/h3-7,12-14H,8-11H2,1-2H3. The average molecular weight is 403 g/mol. The van der Waals surface area contributed by atoms with Crippen molar-refractivity contribution in [2.75, 3.05) is 13.1 Å². The molecule has 0 radical (unpaired) electrons. The van der Waals surface area contributed by atoms with E-state index in [9.17, 15) is 8.42 Å². The number of sulfonamides is 1. The number of nitrogens with zero attached hydrogens (tertiary/aromatic N) is 4. The molecule has 0 N–H and O–H groups in total. The summed E-state index contributed by atoms with van der Waals surface area (Å²) in [7, 11) is -1.80. The van der Waals surface area contributed by atoms with E-state index in [0.717, 1.165) is 10.7 Å². The normalized spacial score (nSPS) is 17.9. The number of hydrogen-bond donors (Lipinski definition) is 0. The van der Waals surface area contributed by atoms with Gasteiger partial charge in [0.1, 0.15) is 0 Å². The molecule has 1 saturated heterocycles. The zero-order valence-corrected chi connectivity index (χ0v) is 17.0. The smallest absolute Gasteiger partial charge is 0.262 e. The highest BCUT2D eigenvalue weighted by atomic mass is 32.2. The molecule has 0 saturated carbocycles. The van der Waals surface area contributed by atoms with Gasteiger partial charge in [-0.2, -0.15) is 4.31 Å². The Morgan fingerprint density at radius 3 is 2.41 bits per heavy atom. The Bertz CT molecular complexity index is 1030. The highest BCUT2D eigenvalue weighted by molar-refractivity contribution is 7.89. The second kappa shape index (κ2) is 6.85. The molecule has 4 rings (SSSR count). The minimum Gasteiger partial charge on any atom is -0.339 e. The van der Waals surface area contributed by atoms with Gasteiger partial charge in [-0.15, -0.1) is 11.3 Å². The van der Waals surface area contributed by atoms with Crippen LogP contribution in [0.3, 0.4) is 0 Å². The van der Waals surface area contributed by atoms with Gasteiger partial charge in [0, 0.05) is 37.1 Å². The molecule has 0 aliphatic carbocycles. The monoisotopic (exact) mass is 402 g/mol. The molecule has 8 heteroatoms. The molecular weight excluding hydrogens is 380 g/mol. The summed E-state index contributed by atoms with van der Waals surface area (Å²) in [6.45, 7) is 2.91. The van der Waals surface area contributed by atoms with Crippen molar-refractivity contribution in [1.82, 2.24) is 18.8 Å². The van der Waals surface area contributed by atoms with Crippen molar-refractivity contribution < 1.29 is 8.42 Å². The molecule has 0 atom stereocenters. The Morgan fingerprint density at radius 1 is 1.15 bits per heavy atom. The summed E-state index contributed by atoms with van der Waals surface area (Å²) >= 11 is 1.64. The molecule has 1 fully saturated rings. The van der Waals surface area contributed by atoms with Gasteiger partial charge in [-0.05, 0) is 25.3 Å². The zero-order chi connectivity index (χ0) is 19.1. The Hall–Kier alpha value is -2.03. The lowest BCUT2D eigenvalue weighted by atomic mass is 9.71. The summed E-state index contributed by atoms with van der Waals surface area (Å²) in [5, 5.41) is 3.26. The molecule has 6 nitrogen and oxygen atoms in total. The number of piperidine rings is 1. The average Bonchev–Trinajstić information content (AvgIpc) is 3.31. The van der Waals surface area contributed by atoms with Crippen LogP contribution in [0.2, 0.25) is 0 Å². The Morgan fingerprint density at radius 2 is 1.85 bits per heavy atom. The van der Waals surface area contributed by atoms with Crippen molar-refractivity contribution in [3.05, 3.63) is 64.5 Å². The van der Waals surface area contributed by atoms with Crippen molar-refractivity contribution in [2.24, 2.45) is 7.05 Å². The summed E-state index contributed by atoms with van der Waals surface area (Å²) < 4.78 is 29.1. The SMILES string of the molecule is Cc1nc(C2(c3ccccc3)CCN(S(=O)(=O)c3cn(C)cn3)CC2)cs1. The summed E-state index contributed by atoms with van der Waals surface area (Å²) in [5.74, 6) is 0. The second-order valence-corrected chi connectivity index (χ2v) is 9.93. The fraction of sp³-hybridized carbons (Fsp3) is 0.368. The van der Waals surface area contributed by atoms with Crippen molar-refractivity contribution in [3.8, 4) is 0 Å². The molecule has 1 aliphatic rings. The maximum atomic E-state index is 12.9. The fourth-order valence-electron chi connectivity index (χ4n) is 3.80. The van der Waals surface area contributed by atoms with E-state index in [1.807, 2.05) is 25.1 Å². The molecule has 142 valence electrons. The first-order chi connectivity index (χ1) is 12.9. The third-order valence-electron chi connectivity index (χ3n) is 5.30. The number of benzene rings is 1. The van der Waals surface area contributed by atoms with Gasteiger partial charge in [0.15, 0.2) is 5.03 Å². The number of aromatic nitrogens is 3. The first-order valence-corrected chi connectivity index (χ1v) is 11.2. The molecule has 0 bridgehead atoms. The van der Waals surface area contributed by atoms with Crippen LogP contribution in [0.15, 0.2) is 53.3 Å². The summed E-state index contributed by atoms with van der Waals surface area (Å²) in [5.41, 5.74) is 2.00. The van der Waals surface area contributed by atoms with E-state index in [1.165, 1.54) is 11.9 Å². The second-order valence-electron chi connectivity index (χ2n) is 6.98. The van der Waals surface area contributed by atoms with Crippen LogP contribution in [-0.2, 0) is 22.5 Å². The number of imidazole rings is 1. The van der Waals surface area contributed by atoms with Gasteiger partial charge < -0.3 is 4.57 Å². The first kappa shape index (κ1) is 18.3. The number of aryl methyl sites for hydroxylation is 2. The Balaban J connectivity index is 1.66. The lowest BCUT2D eigenvalue weighted by molar-refractivity contribution is 0.261. The Labute approximate surface area is 163 Å². The van der Waals surface area contributed by atoms with Crippen LogP contribution in [0.4, 0.5) is 0 Å². The van der Waals surface area contributed by atoms with E-state index < -0.39 is 10.0 Å². The van der Waals surface area contributed by atoms with Crippen molar-refractivity contribution in [3.63, 3.8) is 0 Å².